The Bertz CT molecular complexity index is 907. The number of carbonyl (C=O) groups is 1. The zero-order chi connectivity index (χ0) is 20.9. The van der Waals surface area contributed by atoms with Gasteiger partial charge in [0.25, 0.3) is 5.91 Å². The molecule has 1 atom stereocenters. The van der Waals surface area contributed by atoms with E-state index in [1.165, 1.54) is 22.1 Å². The average Bonchev–Trinajstić information content (AvgIpc) is 3.23. The smallest absolute Gasteiger partial charge is 0.267 e. The normalized spacial score (nSPS) is 16.7. The second-order valence-corrected chi connectivity index (χ2v) is 10.4. The van der Waals surface area contributed by atoms with Crippen LogP contribution in [-0.2, 0) is 16.4 Å². The Morgan fingerprint density at radius 2 is 1.93 bits per heavy atom. The van der Waals surface area contributed by atoms with E-state index in [4.69, 9.17) is 0 Å². The Hall–Kier alpha value is -1.81. The van der Waals surface area contributed by atoms with E-state index >= 15 is 0 Å². The number of H-pyrrole nitrogens is 1. The minimum Gasteiger partial charge on any atom is -0.356 e. The second kappa shape index (κ2) is 9.80. The summed E-state index contributed by atoms with van der Waals surface area (Å²) >= 11 is 1.75. The fraction of sp³-hybridized carbons (Fsp3) is 0.450. The van der Waals surface area contributed by atoms with Gasteiger partial charge in [0.2, 0.25) is 10.0 Å². The van der Waals surface area contributed by atoms with Crippen LogP contribution in [0.2, 0.25) is 0 Å². The van der Waals surface area contributed by atoms with Crippen LogP contribution in [0.15, 0.2) is 47.5 Å². The number of benzene rings is 1. The van der Waals surface area contributed by atoms with E-state index in [1.807, 2.05) is 32.3 Å². The molecule has 3 rings (SSSR count). The molecule has 2 heterocycles. The third-order valence-corrected chi connectivity index (χ3v) is 7.87. The number of likely N-dealkylation sites (N-methyl/N-ethyl adjacent to an activating group) is 1. The van der Waals surface area contributed by atoms with Gasteiger partial charge in [-0.1, -0.05) is 30.3 Å². The molecule has 1 aromatic heterocycles. The highest BCUT2D eigenvalue weighted by molar-refractivity contribution is 7.99. The van der Waals surface area contributed by atoms with Crippen molar-refractivity contribution in [2.24, 2.45) is 0 Å². The molecule has 29 heavy (non-hydrogen) atoms. The number of sulfonamides is 1. The predicted molar refractivity (Wildman–Crippen MR) is 117 cm³/mol. The van der Waals surface area contributed by atoms with Gasteiger partial charge in [-0.25, -0.2) is 8.42 Å². The number of nitrogens with zero attached hydrogens (tertiary/aromatic N) is 2. The van der Waals surface area contributed by atoms with E-state index in [0.29, 0.717) is 19.6 Å². The van der Waals surface area contributed by atoms with Crippen molar-refractivity contribution in [1.29, 1.82) is 0 Å². The highest BCUT2D eigenvalue weighted by Crippen LogP contribution is 2.20. The van der Waals surface area contributed by atoms with Crippen LogP contribution in [0.3, 0.4) is 0 Å². The molecule has 0 aliphatic carbocycles. The first-order valence-corrected chi connectivity index (χ1v) is 12.2. The van der Waals surface area contributed by atoms with Crippen molar-refractivity contribution in [2.75, 3.05) is 45.2 Å². The Labute approximate surface area is 176 Å². The SMILES string of the molecule is CN(C)C(CNC(=O)c1cc(S(=O)(=O)N2CCSCC2)c[nH]1)Cc1ccccc1. The summed E-state index contributed by atoms with van der Waals surface area (Å²) in [5, 5.41) is 2.92. The molecule has 2 N–H and O–H groups in total. The topological polar surface area (TPSA) is 85.5 Å². The predicted octanol–water partition coefficient (Wildman–Crippen LogP) is 1.65. The summed E-state index contributed by atoms with van der Waals surface area (Å²) < 4.78 is 27.0. The molecule has 1 aliphatic heterocycles. The summed E-state index contributed by atoms with van der Waals surface area (Å²) in [5.74, 6) is 1.29. The van der Waals surface area contributed by atoms with Crippen molar-refractivity contribution in [3.63, 3.8) is 0 Å². The Morgan fingerprint density at radius 3 is 2.59 bits per heavy atom. The van der Waals surface area contributed by atoms with Crippen LogP contribution in [0.1, 0.15) is 16.1 Å². The zero-order valence-corrected chi connectivity index (χ0v) is 18.4. The van der Waals surface area contributed by atoms with Crippen molar-refractivity contribution in [3.8, 4) is 0 Å². The molecular formula is C20H28N4O3S2. The molecule has 2 aromatic rings. The van der Waals surface area contributed by atoms with Crippen molar-refractivity contribution >= 4 is 27.7 Å². The number of rotatable bonds is 8. The van der Waals surface area contributed by atoms with E-state index in [0.717, 1.165) is 17.9 Å². The second-order valence-electron chi connectivity index (χ2n) is 7.28. The summed E-state index contributed by atoms with van der Waals surface area (Å²) in [6.07, 6.45) is 2.21. The van der Waals surface area contributed by atoms with Crippen molar-refractivity contribution in [1.82, 2.24) is 19.5 Å². The number of thioether (sulfide) groups is 1. The molecular weight excluding hydrogens is 408 g/mol. The van der Waals surface area contributed by atoms with Gasteiger partial charge in [-0.15, -0.1) is 0 Å². The lowest BCUT2D eigenvalue weighted by molar-refractivity contribution is 0.0937. The monoisotopic (exact) mass is 436 g/mol. The van der Waals surface area contributed by atoms with Crippen LogP contribution in [0.4, 0.5) is 0 Å². The first-order valence-electron chi connectivity index (χ1n) is 9.63. The van der Waals surface area contributed by atoms with Crippen LogP contribution in [-0.4, -0.2) is 79.8 Å². The number of hydrogen-bond acceptors (Lipinski definition) is 5. The first kappa shape index (κ1) is 21.9. The molecule has 7 nitrogen and oxygen atoms in total. The molecule has 0 saturated carbocycles. The molecule has 1 aromatic carbocycles. The number of carbonyl (C=O) groups excluding carboxylic acids is 1. The Kier molecular flexibility index (Phi) is 7.39. The average molecular weight is 437 g/mol. The molecule has 9 heteroatoms. The largest absolute Gasteiger partial charge is 0.356 e. The molecule has 0 spiro atoms. The fourth-order valence-corrected chi connectivity index (χ4v) is 5.79. The molecule has 1 aliphatic rings. The summed E-state index contributed by atoms with van der Waals surface area (Å²) in [5.41, 5.74) is 1.46. The van der Waals surface area contributed by atoms with Gasteiger partial charge in [-0.3, -0.25) is 4.79 Å². The van der Waals surface area contributed by atoms with Gasteiger partial charge >= 0.3 is 0 Å². The molecule has 1 saturated heterocycles. The first-order chi connectivity index (χ1) is 13.9. The van der Waals surface area contributed by atoms with E-state index in [1.54, 1.807) is 11.8 Å². The molecule has 0 bridgehead atoms. The molecule has 1 unspecified atom stereocenters. The van der Waals surface area contributed by atoms with Gasteiger partial charge in [-0.2, -0.15) is 16.1 Å². The van der Waals surface area contributed by atoms with Crippen LogP contribution < -0.4 is 5.32 Å². The fourth-order valence-electron chi connectivity index (χ4n) is 3.22. The molecule has 158 valence electrons. The van der Waals surface area contributed by atoms with E-state index in [9.17, 15) is 13.2 Å². The van der Waals surface area contributed by atoms with Crippen LogP contribution in [0, 0.1) is 0 Å². The lowest BCUT2D eigenvalue weighted by Gasteiger charge is -2.25. The number of aromatic nitrogens is 1. The van der Waals surface area contributed by atoms with Gasteiger partial charge in [-0.05, 0) is 32.1 Å². The van der Waals surface area contributed by atoms with Gasteiger partial charge in [0, 0.05) is 43.4 Å². The number of hydrogen-bond donors (Lipinski definition) is 2. The maximum absolute atomic E-state index is 12.7. The highest BCUT2D eigenvalue weighted by Gasteiger charge is 2.28. The molecule has 1 amide bonds. The molecule has 1 fully saturated rings. The summed E-state index contributed by atoms with van der Waals surface area (Å²) in [4.78, 5) is 17.6. The highest BCUT2D eigenvalue weighted by atomic mass is 32.2. The Balaban J connectivity index is 1.62. The zero-order valence-electron chi connectivity index (χ0n) is 16.8. The molecule has 0 radical (unpaired) electrons. The standard InChI is InChI=1S/C20H28N4O3S2/c1-23(2)17(12-16-6-4-3-5-7-16)14-22-20(25)19-13-18(15-21-19)29(26,27)24-8-10-28-11-9-24/h3-7,13,15,17,21H,8-12,14H2,1-2H3,(H,22,25). The van der Waals surface area contributed by atoms with Crippen LogP contribution in [0.25, 0.3) is 0 Å². The van der Waals surface area contributed by atoms with Crippen molar-refractivity contribution in [3.05, 3.63) is 53.9 Å². The van der Waals surface area contributed by atoms with Crippen molar-refractivity contribution < 1.29 is 13.2 Å². The summed E-state index contributed by atoms with van der Waals surface area (Å²) in [6.45, 7) is 1.47. The maximum atomic E-state index is 12.7. The Morgan fingerprint density at radius 1 is 1.24 bits per heavy atom. The van der Waals surface area contributed by atoms with Crippen LogP contribution in [0.5, 0.6) is 0 Å². The van der Waals surface area contributed by atoms with Gasteiger partial charge in [0.1, 0.15) is 10.6 Å². The minimum absolute atomic E-state index is 0.130. The van der Waals surface area contributed by atoms with Gasteiger partial charge < -0.3 is 15.2 Å². The van der Waals surface area contributed by atoms with Crippen LogP contribution >= 0.6 is 11.8 Å². The van der Waals surface area contributed by atoms with Gasteiger partial charge in [0.15, 0.2) is 0 Å². The minimum atomic E-state index is -3.56. The van der Waals surface area contributed by atoms with E-state index < -0.39 is 10.0 Å². The van der Waals surface area contributed by atoms with Crippen molar-refractivity contribution in [2.45, 2.75) is 17.4 Å². The lowest BCUT2D eigenvalue weighted by Crippen LogP contribution is -2.41. The number of aromatic amines is 1. The summed E-state index contributed by atoms with van der Waals surface area (Å²) in [6, 6.07) is 11.7. The number of amides is 1. The quantitative estimate of drug-likeness (QED) is 0.657. The third kappa shape index (κ3) is 5.63. The third-order valence-electron chi connectivity index (χ3n) is 5.05. The summed E-state index contributed by atoms with van der Waals surface area (Å²) in [7, 11) is 0.405. The van der Waals surface area contributed by atoms with E-state index in [-0.39, 0.29) is 22.5 Å². The number of nitrogens with one attached hydrogen (secondary N) is 2. The maximum Gasteiger partial charge on any atom is 0.267 e. The van der Waals surface area contributed by atoms with Gasteiger partial charge in [0.05, 0.1) is 0 Å². The van der Waals surface area contributed by atoms with E-state index in [2.05, 4.69) is 27.3 Å². The lowest BCUT2D eigenvalue weighted by atomic mass is 10.1.